The molecule has 1 rings (SSSR count). The molecule has 0 aromatic carbocycles. The minimum absolute atomic E-state index is 0.480. The van der Waals surface area contributed by atoms with Gasteiger partial charge in [0.1, 0.15) is 5.76 Å². The van der Waals surface area contributed by atoms with E-state index in [0.717, 1.165) is 11.5 Å². The van der Waals surface area contributed by atoms with Crippen molar-refractivity contribution in [3.05, 3.63) is 23.5 Å². The van der Waals surface area contributed by atoms with Crippen molar-refractivity contribution < 1.29 is 4.74 Å². The van der Waals surface area contributed by atoms with Gasteiger partial charge in [-0.15, -0.1) is 0 Å². The molecular formula is C9H13NO. The normalized spacial score (nSPS) is 19.5. The van der Waals surface area contributed by atoms with E-state index in [-0.39, 0.29) is 0 Å². The molecule has 0 radical (unpaired) electrons. The lowest BCUT2D eigenvalue weighted by molar-refractivity contribution is 0.261. The lowest BCUT2D eigenvalue weighted by Gasteiger charge is -1.95. The van der Waals surface area contributed by atoms with Crippen LogP contribution in [0.5, 0.6) is 0 Å². The van der Waals surface area contributed by atoms with Crippen LogP contribution in [0.25, 0.3) is 0 Å². The van der Waals surface area contributed by atoms with Gasteiger partial charge in [0.25, 0.3) is 0 Å². The molecule has 0 unspecified atom stereocenters. The molecule has 0 bridgehead atoms. The molecule has 0 amide bonds. The summed E-state index contributed by atoms with van der Waals surface area (Å²) in [7, 11) is 0. The highest BCUT2D eigenvalue weighted by molar-refractivity contribution is 5.97. The van der Waals surface area contributed by atoms with Gasteiger partial charge in [-0.05, 0) is 26.8 Å². The summed E-state index contributed by atoms with van der Waals surface area (Å²) in [6.45, 7) is 6.54. The van der Waals surface area contributed by atoms with E-state index in [1.807, 2.05) is 19.1 Å². The van der Waals surface area contributed by atoms with Crippen LogP contribution in [0.4, 0.5) is 0 Å². The minimum atomic E-state index is 0.480. The van der Waals surface area contributed by atoms with Crippen LogP contribution in [0.1, 0.15) is 20.8 Å². The Bertz CT molecular complexity index is 232. The molecule has 1 heterocycles. The standard InChI is InChI=1S/C9H13NO/c1-7(2)4-5-9-8(3)10-6-11-9/h4-5H,6H2,1-3H3/b9-5+. The van der Waals surface area contributed by atoms with Crippen LogP contribution in [0.15, 0.2) is 28.5 Å². The van der Waals surface area contributed by atoms with E-state index in [4.69, 9.17) is 4.74 Å². The van der Waals surface area contributed by atoms with E-state index < -0.39 is 0 Å². The summed E-state index contributed by atoms with van der Waals surface area (Å²) in [5.41, 5.74) is 2.25. The molecule has 60 valence electrons. The Morgan fingerprint density at radius 3 is 2.73 bits per heavy atom. The summed E-state index contributed by atoms with van der Waals surface area (Å²) in [6.07, 6.45) is 3.99. The van der Waals surface area contributed by atoms with Crippen LogP contribution in [-0.2, 0) is 4.74 Å². The zero-order valence-corrected chi connectivity index (χ0v) is 7.22. The van der Waals surface area contributed by atoms with E-state index in [2.05, 4.69) is 18.8 Å². The summed E-state index contributed by atoms with van der Waals surface area (Å²) in [5.74, 6) is 0.895. The fourth-order valence-corrected chi connectivity index (χ4v) is 0.792. The van der Waals surface area contributed by atoms with Crippen LogP contribution < -0.4 is 0 Å². The average Bonchev–Trinajstić information content (AvgIpc) is 2.31. The second-order valence-corrected chi connectivity index (χ2v) is 2.79. The van der Waals surface area contributed by atoms with Gasteiger partial charge in [-0.2, -0.15) is 0 Å². The number of hydrogen-bond donors (Lipinski definition) is 0. The molecule has 2 nitrogen and oxygen atoms in total. The van der Waals surface area contributed by atoms with Crippen LogP contribution in [0, 0.1) is 0 Å². The number of ether oxygens (including phenoxy) is 1. The van der Waals surface area contributed by atoms with Crippen molar-refractivity contribution in [2.24, 2.45) is 4.99 Å². The van der Waals surface area contributed by atoms with Crippen molar-refractivity contribution >= 4 is 5.71 Å². The number of hydrogen-bond acceptors (Lipinski definition) is 2. The smallest absolute Gasteiger partial charge is 0.179 e. The van der Waals surface area contributed by atoms with Gasteiger partial charge in [0.2, 0.25) is 0 Å². The van der Waals surface area contributed by atoms with Gasteiger partial charge in [0.15, 0.2) is 6.73 Å². The van der Waals surface area contributed by atoms with Crippen LogP contribution >= 0.6 is 0 Å². The Hall–Kier alpha value is -1.05. The molecule has 0 saturated carbocycles. The first-order valence-corrected chi connectivity index (χ1v) is 3.69. The highest BCUT2D eigenvalue weighted by Gasteiger charge is 2.07. The molecule has 0 aromatic heterocycles. The fourth-order valence-electron chi connectivity index (χ4n) is 0.792. The van der Waals surface area contributed by atoms with Crippen molar-refractivity contribution in [2.75, 3.05) is 6.73 Å². The maximum atomic E-state index is 5.23. The van der Waals surface area contributed by atoms with E-state index in [1.165, 1.54) is 5.57 Å². The van der Waals surface area contributed by atoms with Gasteiger partial charge < -0.3 is 4.74 Å². The predicted molar refractivity (Wildman–Crippen MR) is 46.6 cm³/mol. The SMILES string of the molecule is CC(C)=C/C=C1/OCN=C1C. The maximum absolute atomic E-state index is 5.23. The summed E-state index contributed by atoms with van der Waals surface area (Å²) < 4.78 is 5.23. The van der Waals surface area contributed by atoms with Crippen molar-refractivity contribution in [1.82, 2.24) is 0 Å². The van der Waals surface area contributed by atoms with Gasteiger partial charge >= 0.3 is 0 Å². The molecule has 0 spiro atoms. The zero-order valence-electron chi connectivity index (χ0n) is 7.22. The number of aliphatic imine (C=N–C) groups is 1. The van der Waals surface area contributed by atoms with E-state index >= 15 is 0 Å². The zero-order chi connectivity index (χ0) is 8.27. The molecule has 0 saturated heterocycles. The molecule has 0 atom stereocenters. The largest absolute Gasteiger partial charge is 0.469 e. The Balaban J connectivity index is 2.68. The van der Waals surface area contributed by atoms with Crippen molar-refractivity contribution in [3.8, 4) is 0 Å². The van der Waals surface area contributed by atoms with Crippen molar-refractivity contribution in [2.45, 2.75) is 20.8 Å². The molecular weight excluding hydrogens is 138 g/mol. The molecule has 1 aliphatic heterocycles. The number of rotatable bonds is 1. The first kappa shape index (κ1) is 8.05. The molecule has 2 heteroatoms. The maximum Gasteiger partial charge on any atom is 0.179 e. The second-order valence-electron chi connectivity index (χ2n) is 2.79. The molecule has 1 aliphatic rings. The number of allylic oxidation sites excluding steroid dienone is 4. The van der Waals surface area contributed by atoms with Gasteiger partial charge in [0, 0.05) is 0 Å². The van der Waals surface area contributed by atoms with Crippen molar-refractivity contribution in [1.29, 1.82) is 0 Å². The van der Waals surface area contributed by atoms with Gasteiger partial charge in [-0.1, -0.05) is 11.6 Å². The Labute approximate surface area is 67.3 Å². The molecule has 0 N–H and O–H groups in total. The summed E-state index contributed by atoms with van der Waals surface area (Å²) >= 11 is 0. The monoisotopic (exact) mass is 151 g/mol. The Kier molecular flexibility index (Phi) is 2.47. The highest BCUT2D eigenvalue weighted by Crippen LogP contribution is 2.09. The average molecular weight is 151 g/mol. The molecule has 0 aliphatic carbocycles. The van der Waals surface area contributed by atoms with Gasteiger partial charge in [-0.3, -0.25) is 0 Å². The van der Waals surface area contributed by atoms with E-state index in [0.29, 0.717) is 6.73 Å². The summed E-state index contributed by atoms with van der Waals surface area (Å²) in [5, 5.41) is 0. The third-order valence-corrected chi connectivity index (χ3v) is 1.45. The topological polar surface area (TPSA) is 21.6 Å². The van der Waals surface area contributed by atoms with Crippen molar-refractivity contribution in [3.63, 3.8) is 0 Å². The molecule has 0 aromatic rings. The summed E-state index contributed by atoms with van der Waals surface area (Å²) in [6, 6.07) is 0. The van der Waals surface area contributed by atoms with E-state index in [1.54, 1.807) is 0 Å². The Morgan fingerprint density at radius 1 is 1.55 bits per heavy atom. The molecule has 11 heavy (non-hydrogen) atoms. The third kappa shape index (κ3) is 2.22. The van der Waals surface area contributed by atoms with Crippen LogP contribution in [-0.4, -0.2) is 12.4 Å². The predicted octanol–water partition coefficient (Wildman–Crippen LogP) is 2.29. The fraction of sp³-hybridized carbons (Fsp3) is 0.444. The quantitative estimate of drug-likeness (QED) is 0.563. The lowest BCUT2D eigenvalue weighted by Crippen LogP contribution is -1.90. The second kappa shape index (κ2) is 3.37. The highest BCUT2D eigenvalue weighted by atomic mass is 16.5. The van der Waals surface area contributed by atoms with E-state index in [9.17, 15) is 0 Å². The third-order valence-electron chi connectivity index (χ3n) is 1.45. The van der Waals surface area contributed by atoms with Gasteiger partial charge in [-0.25, -0.2) is 4.99 Å². The van der Waals surface area contributed by atoms with Gasteiger partial charge in [0.05, 0.1) is 5.71 Å². The first-order chi connectivity index (χ1) is 5.20. The summed E-state index contributed by atoms with van der Waals surface area (Å²) in [4.78, 5) is 4.09. The Morgan fingerprint density at radius 2 is 2.27 bits per heavy atom. The first-order valence-electron chi connectivity index (χ1n) is 3.69. The minimum Gasteiger partial charge on any atom is -0.469 e. The number of nitrogens with zero attached hydrogens (tertiary/aromatic N) is 1. The van der Waals surface area contributed by atoms with Crippen LogP contribution in [0.3, 0.4) is 0 Å². The van der Waals surface area contributed by atoms with Crippen LogP contribution in [0.2, 0.25) is 0 Å². The molecule has 0 fully saturated rings. The lowest BCUT2D eigenvalue weighted by atomic mass is 10.2.